The number of amides is 2. The van der Waals surface area contributed by atoms with Crippen LogP contribution in [0.2, 0.25) is 5.02 Å². The number of nitrogens with zero attached hydrogens (tertiary/aromatic N) is 2. The van der Waals surface area contributed by atoms with E-state index in [4.69, 9.17) is 11.6 Å². The third-order valence-electron chi connectivity index (χ3n) is 3.34. The van der Waals surface area contributed by atoms with Crippen LogP contribution in [0, 0.1) is 13.8 Å². The summed E-state index contributed by atoms with van der Waals surface area (Å²) in [7, 11) is 0. The quantitative estimate of drug-likeness (QED) is 0.900. The van der Waals surface area contributed by atoms with Gasteiger partial charge in [0, 0.05) is 18.3 Å². The van der Waals surface area contributed by atoms with Crippen molar-refractivity contribution in [1.82, 2.24) is 9.78 Å². The fraction of sp³-hybridized carbons (Fsp3) is 0.312. The molecule has 122 valence electrons. The molecule has 1 atom stereocenters. The molecule has 0 spiro atoms. The lowest BCUT2D eigenvalue weighted by Gasteiger charge is -2.15. The van der Waals surface area contributed by atoms with Crippen molar-refractivity contribution < 1.29 is 9.59 Å². The lowest BCUT2D eigenvalue weighted by atomic mass is 10.2. The van der Waals surface area contributed by atoms with E-state index in [0.29, 0.717) is 16.4 Å². The summed E-state index contributed by atoms with van der Waals surface area (Å²) in [6.07, 6.45) is 0. The van der Waals surface area contributed by atoms with E-state index in [0.717, 1.165) is 11.4 Å². The number of halogens is 1. The van der Waals surface area contributed by atoms with Gasteiger partial charge >= 0.3 is 0 Å². The molecule has 0 saturated carbocycles. The van der Waals surface area contributed by atoms with Gasteiger partial charge in [0.2, 0.25) is 11.8 Å². The SMILES string of the molecule is CC(=O)Nc1ccc(NC(=O)[C@H](C)n2nc(C)cc2C)c(Cl)c1. The summed E-state index contributed by atoms with van der Waals surface area (Å²) in [6.45, 7) is 6.97. The van der Waals surface area contributed by atoms with Gasteiger partial charge in [0.15, 0.2) is 0 Å². The molecular formula is C16H19ClN4O2. The highest BCUT2D eigenvalue weighted by Crippen LogP contribution is 2.26. The minimum Gasteiger partial charge on any atom is -0.326 e. The first-order chi connectivity index (χ1) is 10.8. The highest BCUT2D eigenvalue weighted by Gasteiger charge is 2.19. The van der Waals surface area contributed by atoms with Crippen LogP contribution in [0.3, 0.4) is 0 Å². The van der Waals surface area contributed by atoms with Gasteiger partial charge in [0.05, 0.1) is 16.4 Å². The molecule has 6 nitrogen and oxygen atoms in total. The van der Waals surface area contributed by atoms with E-state index in [1.165, 1.54) is 6.92 Å². The Morgan fingerprint density at radius 1 is 1.22 bits per heavy atom. The molecule has 0 saturated heterocycles. The van der Waals surface area contributed by atoms with E-state index in [1.54, 1.807) is 29.8 Å². The minimum absolute atomic E-state index is 0.184. The molecule has 2 N–H and O–H groups in total. The zero-order valence-electron chi connectivity index (χ0n) is 13.5. The topological polar surface area (TPSA) is 76.0 Å². The number of carbonyl (C=O) groups is 2. The second kappa shape index (κ2) is 6.83. The van der Waals surface area contributed by atoms with Crippen LogP contribution in [0.25, 0.3) is 0 Å². The van der Waals surface area contributed by atoms with Gasteiger partial charge in [-0.1, -0.05) is 11.6 Å². The molecule has 0 bridgehead atoms. The third kappa shape index (κ3) is 4.10. The van der Waals surface area contributed by atoms with E-state index in [-0.39, 0.29) is 11.8 Å². The van der Waals surface area contributed by atoms with Crippen LogP contribution in [0.4, 0.5) is 11.4 Å². The Labute approximate surface area is 139 Å². The van der Waals surface area contributed by atoms with Crippen LogP contribution < -0.4 is 10.6 Å². The lowest BCUT2D eigenvalue weighted by Crippen LogP contribution is -2.25. The van der Waals surface area contributed by atoms with Crippen LogP contribution in [0.5, 0.6) is 0 Å². The maximum Gasteiger partial charge on any atom is 0.248 e. The minimum atomic E-state index is -0.463. The molecule has 0 aliphatic carbocycles. The van der Waals surface area contributed by atoms with E-state index >= 15 is 0 Å². The monoisotopic (exact) mass is 334 g/mol. The van der Waals surface area contributed by atoms with Gasteiger partial charge in [-0.3, -0.25) is 14.3 Å². The molecule has 1 aromatic heterocycles. The predicted octanol–water partition coefficient (Wildman–Crippen LogP) is 3.31. The van der Waals surface area contributed by atoms with Crippen molar-refractivity contribution in [2.75, 3.05) is 10.6 Å². The summed E-state index contributed by atoms with van der Waals surface area (Å²) >= 11 is 6.15. The van der Waals surface area contributed by atoms with Crippen LogP contribution in [0.1, 0.15) is 31.3 Å². The number of carbonyl (C=O) groups excluding carboxylic acids is 2. The highest BCUT2D eigenvalue weighted by molar-refractivity contribution is 6.34. The molecule has 0 aliphatic rings. The number of hydrogen-bond donors (Lipinski definition) is 2. The Morgan fingerprint density at radius 3 is 2.43 bits per heavy atom. The number of aryl methyl sites for hydroxylation is 2. The average molecular weight is 335 g/mol. The normalized spacial score (nSPS) is 11.9. The molecule has 2 aromatic rings. The molecule has 0 unspecified atom stereocenters. The molecule has 7 heteroatoms. The predicted molar refractivity (Wildman–Crippen MR) is 90.8 cm³/mol. The Hall–Kier alpha value is -2.34. The van der Waals surface area contributed by atoms with Crippen molar-refractivity contribution in [3.8, 4) is 0 Å². The van der Waals surface area contributed by atoms with Crippen LogP contribution >= 0.6 is 11.6 Å². The molecule has 23 heavy (non-hydrogen) atoms. The fourth-order valence-corrected chi connectivity index (χ4v) is 2.51. The van der Waals surface area contributed by atoms with Gasteiger partial charge in [-0.25, -0.2) is 0 Å². The fourth-order valence-electron chi connectivity index (χ4n) is 2.28. The van der Waals surface area contributed by atoms with E-state index in [9.17, 15) is 9.59 Å². The van der Waals surface area contributed by atoms with Crippen LogP contribution in [0.15, 0.2) is 24.3 Å². The molecule has 0 fully saturated rings. The second-order valence-electron chi connectivity index (χ2n) is 5.41. The Kier molecular flexibility index (Phi) is 5.05. The van der Waals surface area contributed by atoms with Crippen LogP contribution in [-0.4, -0.2) is 21.6 Å². The largest absolute Gasteiger partial charge is 0.326 e. The molecule has 2 rings (SSSR count). The van der Waals surface area contributed by atoms with Gasteiger partial charge in [-0.15, -0.1) is 0 Å². The summed E-state index contributed by atoms with van der Waals surface area (Å²) in [6, 6.07) is 6.37. The molecule has 2 amide bonds. The van der Waals surface area contributed by atoms with Crippen LogP contribution in [-0.2, 0) is 9.59 Å². The van der Waals surface area contributed by atoms with Crippen molar-refractivity contribution in [3.63, 3.8) is 0 Å². The van der Waals surface area contributed by atoms with Crippen molar-refractivity contribution in [1.29, 1.82) is 0 Å². The molecule has 1 aromatic carbocycles. The lowest BCUT2D eigenvalue weighted by molar-refractivity contribution is -0.119. The van der Waals surface area contributed by atoms with E-state index in [1.807, 2.05) is 19.9 Å². The van der Waals surface area contributed by atoms with Crippen molar-refractivity contribution in [3.05, 3.63) is 40.7 Å². The van der Waals surface area contributed by atoms with Crippen molar-refractivity contribution in [2.24, 2.45) is 0 Å². The highest BCUT2D eigenvalue weighted by atomic mass is 35.5. The molecule has 0 radical (unpaired) electrons. The standard InChI is InChI=1S/C16H19ClN4O2/c1-9-7-10(2)21(20-9)11(3)16(23)19-15-6-5-13(8-14(15)17)18-12(4)22/h5-8,11H,1-4H3,(H,18,22)(H,19,23)/t11-/m0/s1. The first kappa shape index (κ1) is 17.0. The zero-order valence-corrected chi connectivity index (χ0v) is 14.2. The number of rotatable bonds is 4. The zero-order chi connectivity index (χ0) is 17.1. The first-order valence-electron chi connectivity index (χ1n) is 7.18. The summed E-state index contributed by atoms with van der Waals surface area (Å²) < 4.78 is 1.67. The Bertz CT molecular complexity index is 755. The molecule has 0 aliphatic heterocycles. The van der Waals surface area contributed by atoms with Gasteiger partial charge in [-0.2, -0.15) is 5.10 Å². The summed E-state index contributed by atoms with van der Waals surface area (Å²) in [5.74, 6) is -0.402. The number of benzene rings is 1. The Morgan fingerprint density at radius 2 is 1.91 bits per heavy atom. The second-order valence-corrected chi connectivity index (χ2v) is 5.82. The van der Waals surface area contributed by atoms with Crippen molar-refractivity contribution in [2.45, 2.75) is 33.7 Å². The van der Waals surface area contributed by atoms with Gasteiger partial charge in [0.25, 0.3) is 0 Å². The van der Waals surface area contributed by atoms with Gasteiger partial charge in [-0.05, 0) is 45.0 Å². The number of anilines is 2. The number of hydrogen-bond acceptors (Lipinski definition) is 3. The first-order valence-corrected chi connectivity index (χ1v) is 7.56. The molecular weight excluding hydrogens is 316 g/mol. The summed E-state index contributed by atoms with van der Waals surface area (Å²) in [4.78, 5) is 23.4. The van der Waals surface area contributed by atoms with E-state index < -0.39 is 6.04 Å². The number of nitrogens with one attached hydrogen (secondary N) is 2. The van der Waals surface area contributed by atoms with Gasteiger partial charge < -0.3 is 10.6 Å². The maximum atomic E-state index is 12.4. The Balaban J connectivity index is 2.13. The molecule has 1 heterocycles. The smallest absolute Gasteiger partial charge is 0.248 e. The van der Waals surface area contributed by atoms with Gasteiger partial charge in [0.1, 0.15) is 6.04 Å². The van der Waals surface area contributed by atoms with Crippen molar-refractivity contribution >= 4 is 34.8 Å². The van der Waals surface area contributed by atoms with E-state index in [2.05, 4.69) is 15.7 Å². The maximum absolute atomic E-state index is 12.4. The average Bonchev–Trinajstić information content (AvgIpc) is 2.79. The third-order valence-corrected chi connectivity index (χ3v) is 3.65. The summed E-state index contributed by atoms with van der Waals surface area (Å²) in [5.41, 5.74) is 2.84. The summed E-state index contributed by atoms with van der Waals surface area (Å²) in [5, 5.41) is 10.1. The number of aromatic nitrogens is 2.